The van der Waals surface area contributed by atoms with Crippen molar-refractivity contribution in [3.63, 3.8) is 0 Å². The fourth-order valence-electron chi connectivity index (χ4n) is 3.74. The Morgan fingerprint density at radius 1 is 1.13 bits per heavy atom. The SMILES string of the molecule is CCCCCCC1(CNC)CC2CC2C1. The summed E-state index contributed by atoms with van der Waals surface area (Å²) in [5, 5.41) is 3.43. The standard InChI is InChI=1S/C14H27N/c1-3-4-5-6-7-14(11-15-2)9-12-8-13(12)10-14/h12-13,15H,3-11H2,1-2H3. The molecule has 2 rings (SSSR count). The number of nitrogens with one attached hydrogen (secondary N) is 1. The van der Waals surface area contributed by atoms with Crippen LogP contribution >= 0.6 is 0 Å². The van der Waals surface area contributed by atoms with Crippen molar-refractivity contribution in [2.75, 3.05) is 13.6 Å². The van der Waals surface area contributed by atoms with Crippen LogP contribution in [0, 0.1) is 17.3 Å². The third-order valence-electron chi connectivity index (χ3n) is 4.57. The monoisotopic (exact) mass is 209 g/mol. The van der Waals surface area contributed by atoms with Gasteiger partial charge in [0.2, 0.25) is 0 Å². The van der Waals surface area contributed by atoms with E-state index in [1.807, 2.05) is 0 Å². The quantitative estimate of drug-likeness (QED) is 0.632. The Balaban J connectivity index is 1.74. The number of unbranched alkanes of at least 4 members (excludes halogenated alkanes) is 3. The molecule has 15 heavy (non-hydrogen) atoms. The number of hydrogen-bond donors (Lipinski definition) is 1. The van der Waals surface area contributed by atoms with E-state index >= 15 is 0 Å². The van der Waals surface area contributed by atoms with Gasteiger partial charge in [0.25, 0.3) is 0 Å². The second kappa shape index (κ2) is 4.86. The van der Waals surface area contributed by atoms with E-state index in [-0.39, 0.29) is 0 Å². The van der Waals surface area contributed by atoms with Gasteiger partial charge in [-0.3, -0.25) is 0 Å². The van der Waals surface area contributed by atoms with Crippen LogP contribution in [0.4, 0.5) is 0 Å². The van der Waals surface area contributed by atoms with Gasteiger partial charge in [-0.25, -0.2) is 0 Å². The summed E-state index contributed by atoms with van der Waals surface area (Å²) in [6, 6.07) is 0. The number of hydrogen-bond acceptors (Lipinski definition) is 1. The first kappa shape index (κ1) is 11.4. The molecule has 0 aromatic carbocycles. The molecule has 1 nitrogen and oxygen atoms in total. The molecule has 0 radical (unpaired) electrons. The predicted octanol–water partition coefficient (Wildman–Crippen LogP) is 3.59. The lowest BCUT2D eigenvalue weighted by atomic mass is 9.78. The van der Waals surface area contributed by atoms with Crippen molar-refractivity contribution in [1.29, 1.82) is 0 Å². The maximum atomic E-state index is 3.43. The fraction of sp³-hybridized carbons (Fsp3) is 1.00. The Labute approximate surface area is 95.0 Å². The molecular formula is C14H27N. The molecule has 0 bridgehead atoms. The highest BCUT2D eigenvalue weighted by molar-refractivity contribution is 5.03. The molecule has 0 aliphatic heterocycles. The van der Waals surface area contributed by atoms with Crippen LogP contribution < -0.4 is 5.32 Å². The van der Waals surface area contributed by atoms with Gasteiger partial charge in [-0.05, 0) is 50.0 Å². The van der Waals surface area contributed by atoms with Gasteiger partial charge in [0, 0.05) is 6.54 Å². The zero-order valence-corrected chi connectivity index (χ0v) is 10.5. The summed E-state index contributed by atoms with van der Waals surface area (Å²) >= 11 is 0. The van der Waals surface area contributed by atoms with E-state index < -0.39 is 0 Å². The molecule has 88 valence electrons. The highest BCUT2D eigenvalue weighted by atomic mass is 14.8. The molecule has 1 N–H and O–H groups in total. The second-order valence-electron chi connectivity index (χ2n) is 6.01. The normalized spacial score (nSPS) is 38.0. The summed E-state index contributed by atoms with van der Waals surface area (Å²) in [4.78, 5) is 0. The molecule has 0 aromatic heterocycles. The summed E-state index contributed by atoms with van der Waals surface area (Å²) in [6.07, 6.45) is 11.8. The predicted molar refractivity (Wildman–Crippen MR) is 65.9 cm³/mol. The molecule has 0 spiro atoms. The van der Waals surface area contributed by atoms with E-state index in [0.29, 0.717) is 5.41 Å². The maximum Gasteiger partial charge on any atom is 0.000501 e. The molecular weight excluding hydrogens is 182 g/mol. The van der Waals surface area contributed by atoms with Crippen molar-refractivity contribution in [2.45, 2.75) is 58.3 Å². The first-order valence-corrected chi connectivity index (χ1v) is 6.94. The molecule has 2 aliphatic rings. The zero-order valence-electron chi connectivity index (χ0n) is 10.5. The van der Waals surface area contributed by atoms with Gasteiger partial charge in [-0.2, -0.15) is 0 Å². The summed E-state index contributed by atoms with van der Waals surface area (Å²) in [5.41, 5.74) is 0.704. The summed E-state index contributed by atoms with van der Waals surface area (Å²) in [7, 11) is 2.12. The van der Waals surface area contributed by atoms with E-state index in [2.05, 4.69) is 19.3 Å². The molecule has 0 aromatic rings. The van der Waals surface area contributed by atoms with Gasteiger partial charge >= 0.3 is 0 Å². The second-order valence-corrected chi connectivity index (χ2v) is 6.01. The van der Waals surface area contributed by atoms with Gasteiger partial charge < -0.3 is 5.32 Å². The van der Waals surface area contributed by atoms with Crippen LogP contribution in [0.3, 0.4) is 0 Å². The highest BCUT2D eigenvalue weighted by Crippen LogP contribution is 2.61. The fourth-order valence-corrected chi connectivity index (χ4v) is 3.74. The maximum absolute atomic E-state index is 3.43. The van der Waals surface area contributed by atoms with Crippen molar-refractivity contribution >= 4 is 0 Å². The molecule has 0 heterocycles. The third-order valence-corrected chi connectivity index (χ3v) is 4.57. The third kappa shape index (κ3) is 2.75. The van der Waals surface area contributed by atoms with Crippen molar-refractivity contribution in [3.8, 4) is 0 Å². The van der Waals surface area contributed by atoms with Gasteiger partial charge in [0.15, 0.2) is 0 Å². The van der Waals surface area contributed by atoms with E-state index in [1.54, 1.807) is 6.42 Å². The van der Waals surface area contributed by atoms with Crippen LogP contribution in [0.2, 0.25) is 0 Å². The zero-order chi connectivity index (χ0) is 10.7. The first-order valence-electron chi connectivity index (χ1n) is 6.94. The van der Waals surface area contributed by atoms with Gasteiger partial charge in [0.05, 0.1) is 0 Å². The average molecular weight is 209 g/mol. The Morgan fingerprint density at radius 3 is 2.47 bits per heavy atom. The minimum absolute atomic E-state index is 0.704. The lowest BCUT2D eigenvalue weighted by Gasteiger charge is -2.31. The van der Waals surface area contributed by atoms with Crippen LogP contribution in [0.1, 0.15) is 58.3 Å². The topological polar surface area (TPSA) is 12.0 Å². The summed E-state index contributed by atoms with van der Waals surface area (Å²) < 4.78 is 0. The van der Waals surface area contributed by atoms with Crippen molar-refractivity contribution in [2.24, 2.45) is 17.3 Å². The number of rotatable bonds is 7. The largest absolute Gasteiger partial charge is 0.319 e. The molecule has 0 amide bonds. The minimum Gasteiger partial charge on any atom is -0.319 e. The average Bonchev–Trinajstić information content (AvgIpc) is 2.83. The Bertz CT molecular complexity index is 190. The lowest BCUT2D eigenvalue weighted by molar-refractivity contribution is 0.227. The molecule has 2 saturated carbocycles. The first-order chi connectivity index (χ1) is 7.29. The molecule has 0 saturated heterocycles. The Hall–Kier alpha value is -0.0400. The van der Waals surface area contributed by atoms with Crippen LogP contribution in [0.5, 0.6) is 0 Å². The van der Waals surface area contributed by atoms with Crippen molar-refractivity contribution in [3.05, 3.63) is 0 Å². The molecule has 2 aliphatic carbocycles. The van der Waals surface area contributed by atoms with Crippen LogP contribution in [0.15, 0.2) is 0 Å². The highest BCUT2D eigenvalue weighted by Gasteiger charge is 2.52. The van der Waals surface area contributed by atoms with E-state index in [0.717, 1.165) is 11.8 Å². The van der Waals surface area contributed by atoms with E-state index in [1.165, 1.54) is 51.5 Å². The molecule has 2 fully saturated rings. The van der Waals surface area contributed by atoms with Gasteiger partial charge in [-0.15, -0.1) is 0 Å². The van der Waals surface area contributed by atoms with E-state index in [9.17, 15) is 0 Å². The molecule has 2 unspecified atom stereocenters. The van der Waals surface area contributed by atoms with Gasteiger partial charge in [-0.1, -0.05) is 32.6 Å². The molecule has 1 heteroatoms. The van der Waals surface area contributed by atoms with Crippen LogP contribution in [-0.4, -0.2) is 13.6 Å². The smallest absolute Gasteiger partial charge is 0.000501 e. The Kier molecular flexibility index (Phi) is 3.71. The van der Waals surface area contributed by atoms with Gasteiger partial charge in [0.1, 0.15) is 0 Å². The summed E-state index contributed by atoms with van der Waals surface area (Å²) in [6.45, 7) is 3.57. The lowest BCUT2D eigenvalue weighted by Crippen LogP contribution is -2.31. The van der Waals surface area contributed by atoms with Crippen molar-refractivity contribution < 1.29 is 0 Å². The summed E-state index contributed by atoms with van der Waals surface area (Å²) in [5.74, 6) is 2.26. The van der Waals surface area contributed by atoms with E-state index in [4.69, 9.17) is 0 Å². The van der Waals surface area contributed by atoms with Crippen molar-refractivity contribution in [1.82, 2.24) is 5.32 Å². The minimum atomic E-state index is 0.704. The van der Waals surface area contributed by atoms with Crippen LogP contribution in [0.25, 0.3) is 0 Å². The molecule has 2 atom stereocenters. The van der Waals surface area contributed by atoms with Crippen LogP contribution in [-0.2, 0) is 0 Å². The number of fused-ring (bicyclic) bond motifs is 1. The Morgan fingerprint density at radius 2 is 1.87 bits per heavy atom.